The van der Waals surface area contributed by atoms with Crippen molar-refractivity contribution < 1.29 is 14.7 Å². The summed E-state index contributed by atoms with van der Waals surface area (Å²) in [5.41, 5.74) is 0.604. The van der Waals surface area contributed by atoms with Gasteiger partial charge in [0.15, 0.2) is 6.67 Å². The van der Waals surface area contributed by atoms with Gasteiger partial charge in [0.2, 0.25) is 5.88 Å². The van der Waals surface area contributed by atoms with Crippen molar-refractivity contribution in [2.24, 2.45) is 5.84 Å². The number of hydroxylamine groups is 2. The van der Waals surface area contributed by atoms with Crippen LogP contribution >= 0.6 is 0 Å². The smallest absolute Gasteiger partial charge is 0.364 e. The first-order valence-electron chi connectivity index (χ1n) is 4.66. The fraction of sp³-hybridized carbons (Fsp3) is 0.100. The molecule has 1 amide bonds. The number of carbonyl (C=O) groups excluding carboxylic acids is 1. The molecule has 1 heterocycles. The largest absolute Gasteiger partial charge is 0.603 e. The minimum absolute atomic E-state index is 0.272. The lowest BCUT2D eigenvalue weighted by molar-refractivity contribution is -0.814. The van der Waals surface area contributed by atoms with Crippen LogP contribution in [0.2, 0.25) is 0 Å². The number of nitrogens with two attached hydrogens (primary N) is 1. The number of aliphatic hydroxyl groups is 1. The van der Waals surface area contributed by atoms with E-state index >= 15 is 0 Å². The SMILES string of the molecule is N[N+]1([O-])CN(c2ccccc2)C(O)=CC1=O. The van der Waals surface area contributed by atoms with Crippen molar-refractivity contribution in [2.45, 2.75) is 0 Å². The van der Waals surface area contributed by atoms with Gasteiger partial charge in [-0.25, -0.2) is 4.79 Å². The lowest BCUT2D eigenvalue weighted by Gasteiger charge is -2.40. The van der Waals surface area contributed by atoms with Crippen LogP contribution < -0.4 is 10.7 Å². The maximum absolute atomic E-state index is 11.6. The third kappa shape index (κ3) is 1.76. The number of amides is 1. The highest BCUT2D eigenvalue weighted by Gasteiger charge is 2.33. The molecule has 0 saturated heterocycles. The number of aliphatic hydroxyl groups excluding tert-OH is 1. The normalized spacial score (nSPS) is 25.5. The van der Waals surface area contributed by atoms with Crippen LogP contribution in [0, 0.1) is 5.21 Å². The Kier molecular flexibility index (Phi) is 2.39. The third-order valence-corrected chi connectivity index (χ3v) is 2.32. The molecule has 16 heavy (non-hydrogen) atoms. The van der Waals surface area contributed by atoms with Gasteiger partial charge in [-0.05, 0) is 12.1 Å². The number of carbonyl (C=O) groups is 1. The second-order valence-electron chi connectivity index (χ2n) is 3.54. The first-order chi connectivity index (χ1) is 7.50. The Hall–Kier alpha value is -1.89. The maximum Gasteiger partial charge on any atom is 0.364 e. The molecule has 0 saturated carbocycles. The Morgan fingerprint density at radius 1 is 1.38 bits per heavy atom. The van der Waals surface area contributed by atoms with Crippen molar-refractivity contribution in [1.29, 1.82) is 0 Å². The minimum Gasteiger partial charge on any atom is -0.603 e. The van der Waals surface area contributed by atoms with Gasteiger partial charge in [0.25, 0.3) is 0 Å². The van der Waals surface area contributed by atoms with Crippen LogP contribution in [0.25, 0.3) is 0 Å². The number of hydrogen-bond acceptors (Lipinski definition) is 5. The van der Waals surface area contributed by atoms with Crippen LogP contribution in [0.3, 0.4) is 0 Å². The Morgan fingerprint density at radius 2 is 2.00 bits per heavy atom. The molecule has 1 aliphatic heterocycles. The van der Waals surface area contributed by atoms with E-state index in [-0.39, 0.29) is 12.6 Å². The van der Waals surface area contributed by atoms with Crippen LogP contribution in [0.5, 0.6) is 0 Å². The molecular weight excluding hydrogens is 210 g/mol. The lowest BCUT2D eigenvalue weighted by Crippen LogP contribution is -2.61. The fourth-order valence-corrected chi connectivity index (χ4v) is 1.47. The fourth-order valence-electron chi connectivity index (χ4n) is 1.47. The predicted octanol–water partition coefficient (Wildman–Crippen LogP) is 0.578. The zero-order valence-corrected chi connectivity index (χ0v) is 8.41. The van der Waals surface area contributed by atoms with Gasteiger partial charge in [-0.15, -0.1) is 0 Å². The molecule has 0 bridgehead atoms. The number of nitrogens with zero attached hydrogens (tertiary/aromatic N) is 2. The summed E-state index contributed by atoms with van der Waals surface area (Å²) in [6.45, 7) is -0.342. The van der Waals surface area contributed by atoms with Gasteiger partial charge >= 0.3 is 5.91 Å². The van der Waals surface area contributed by atoms with Crippen molar-refractivity contribution in [3.63, 3.8) is 0 Å². The lowest BCUT2D eigenvalue weighted by atomic mass is 10.3. The highest BCUT2D eigenvalue weighted by Crippen LogP contribution is 2.22. The van der Waals surface area contributed by atoms with E-state index in [9.17, 15) is 15.1 Å². The Bertz CT molecular complexity index is 442. The molecule has 0 spiro atoms. The number of rotatable bonds is 1. The summed E-state index contributed by atoms with van der Waals surface area (Å²) in [6.07, 6.45) is 0.837. The van der Waals surface area contributed by atoms with E-state index in [0.29, 0.717) is 5.69 Å². The van der Waals surface area contributed by atoms with E-state index in [2.05, 4.69) is 0 Å². The number of hydrogen-bond donors (Lipinski definition) is 2. The zero-order chi connectivity index (χ0) is 11.8. The van der Waals surface area contributed by atoms with Crippen molar-refractivity contribution in [3.05, 3.63) is 47.5 Å². The van der Waals surface area contributed by atoms with E-state index < -0.39 is 10.7 Å². The molecule has 6 nitrogen and oxygen atoms in total. The second kappa shape index (κ2) is 3.60. The Balaban J connectivity index is 2.38. The van der Waals surface area contributed by atoms with Crippen LogP contribution in [0.1, 0.15) is 0 Å². The molecule has 1 aliphatic rings. The molecule has 0 fully saturated rings. The number of para-hydroxylation sites is 1. The number of benzene rings is 1. The van der Waals surface area contributed by atoms with E-state index in [4.69, 9.17) is 5.84 Å². The van der Waals surface area contributed by atoms with Crippen LogP contribution in [-0.4, -0.2) is 22.4 Å². The van der Waals surface area contributed by atoms with Crippen molar-refractivity contribution in [2.75, 3.05) is 11.6 Å². The quantitative estimate of drug-likeness (QED) is 0.313. The van der Waals surface area contributed by atoms with Gasteiger partial charge in [-0.1, -0.05) is 18.2 Å². The highest BCUT2D eigenvalue weighted by atomic mass is 16.6. The van der Waals surface area contributed by atoms with Gasteiger partial charge in [0, 0.05) is 5.69 Å². The average Bonchev–Trinajstić information content (AvgIpc) is 2.25. The molecule has 0 radical (unpaired) electrons. The molecule has 1 aromatic carbocycles. The molecule has 2 rings (SSSR count). The van der Waals surface area contributed by atoms with E-state index in [0.717, 1.165) is 6.08 Å². The molecule has 84 valence electrons. The van der Waals surface area contributed by atoms with Crippen molar-refractivity contribution in [3.8, 4) is 0 Å². The molecule has 3 N–H and O–H groups in total. The molecule has 1 atom stereocenters. The van der Waals surface area contributed by atoms with Crippen molar-refractivity contribution >= 4 is 11.6 Å². The second-order valence-corrected chi connectivity index (χ2v) is 3.54. The molecule has 6 heteroatoms. The van der Waals surface area contributed by atoms with Gasteiger partial charge in [0.1, 0.15) is 6.08 Å². The number of quaternary nitrogens is 1. The molecule has 0 aliphatic carbocycles. The third-order valence-electron chi connectivity index (χ3n) is 2.32. The molecular formula is C10H11N3O3. The van der Waals surface area contributed by atoms with Crippen molar-refractivity contribution in [1.82, 2.24) is 0 Å². The van der Waals surface area contributed by atoms with E-state index in [1.165, 1.54) is 4.90 Å². The first kappa shape index (κ1) is 10.6. The van der Waals surface area contributed by atoms with Crippen LogP contribution in [0.15, 0.2) is 42.3 Å². The van der Waals surface area contributed by atoms with Gasteiger partial charge in [-0.2, -0.15) is 10.6 Å². The predicted molar refractivity (Wildman–Crippen MR) is 57.3 cm³/mol. The van der Waals surface area contributed by atoms with Gasteiger partial charge in [-0.3, -0.25) is 4.90 Å². The van der Waals surface area contributed by atoms with Crippen LogP contribution in [0.4, 0.5) is 5.69 Å². The number of anilines is 1. The molecule has 1 unspecified atom stereocenters. The summed E-state index contributed by atoms with van der Waals surface area (Å²) in [5.74, 6) is 4.10. The summed E-state index contributed by atoms with van der Waals surface area (Å²) in [5, 5.41) is 21.1. The average molecular weight is 221 g/mol. The minimum atomic E-state index is -1.54. The molecule has 0 aromatic heterocycles. The van der Waals surface area contributed by atoms with E-state index in [1.807, 2.05) is 0 Å². The summed E-state index contributed by atoms with van der Waals surface area (Å²) < 4.78 is -1.54. The Labute approximate surface area is 91.9 Å². The standard InChI is InChI=1S/C10H11N3O3/c11-13(16)7-12(9(14)6-10(13)15)8-4-2-1-3-5-8/h1-6,14H,7,11H2. The van der Waals surface area contributed by atoms with E-state index in [1.54, 1.807) is 30.3 Å². The summed E-state index contributed by atoms with van der Waals surface area (Å²) in [6, 6.07) is 8.74. The monoisotopic (exact) mass is 221 g/mol. The summed E-state index contributed by atoms with van der Waals surface area (Å²) in [7, 11) is 0. The maximum atomic E-state index is 11.6. The van der Waals surface area contributed by atoms with Gasteiger partial charge < -0.3 is 10.3 Å². The Morgan fingerprint density at radius 3 is 2.62 bits per heavy atom. The summed E-state index contributed by atoms with van der Waals surface area (Å²) >= 11 is 0. The summed E-state index contributed by atoms with van der Waals surface area (Å²) in [4.78, 5) is 12.5. The highest BCUT2D eigenvalue weighted by molar-refractivity contribution is 5.84. The van der Waals surface area contributed by atoms with Crippen LogP contribution in [-0.2, 0) is 4.79 Å². The molecule has 1 aromatic rings. The topological polar surface area (TPSA) is 89.6 Å². The zero-order valence-electron chi connectivity index (χ0n) is 8.41. The van der Waals surface area contributed by atoms with Gasteiger partial charge in [0.05, 0.1) is 0 Å². The first-order valence-corrected chi connectivity index (χ1v) is 4.66.